The highest BCUT2D eigenvalue weighted by Gasteiger charge is 2.04. The predicted molar refractivity (Wildman–Crippen MR) is 52.0 cm³/mol. The standard InChI is InChI=1S/C8H9ClN4O/c1-13(2)4-3-7(14)6-5-10-8(9)12-11-6/h3-5H,1-2H3. The molecule has 1 aromatic rings. The number of hydrogen-bond acceptors (Lipinski definition) is 5. The summed E-state index contributed by atoms with van der Waals surface area (Å²) in [6.07, 6.45) is 4.30. The minimum absolute atomic E-state index is 0.0261. The van der Waals surface area contributed by atoms with Crippen LogP contribution in [0.15, 0.2) is 18.5 Å². The van der Waals surface area contributed by atoms with Crippen molar-refractivity contribution in [3.8, 4) is 0 Å². The maximum atomic E-state index is 11.4. The lowest BCUT2D eigenvalue weighted by atomic mass is 10.3. The molecule has 1 aromatic heterocycles. The maximum absolute atomic E-state index is 11.4. The maximum Gasteiger partial charge on any atom is 0.242 e. The van der Waals surface area contributed by atoms with Crippen molar-refractivity contribution in [2.24, 2.45) is 0 Å². The summed E-state index contributed by atoms with van der Waals surface area (Å²) in [6.45, 7) is 0. The SMILES string of the molecule is CN(C)C=CC(=O)c1cnc(Cl)nn1. The average Bonchev–Trinajstić information content (AvgIpc) is 2.15. The molecule has 5 nitrogen and oxygen atoms in total. The summed E-state index contributed by atoms with van der Waals surface area (Å²) in [5, 5.41) is 7.08. The van der Waals surface area contributed by atoms with Crippen molar-refractivity contribution in [3.63, 3.8) is 0 Å². The van der Waals surface area contributed by atoms with Crippen molar-refractivity contribution in [2.75, 3.05) is 14.1 Å². The van der Waals surface area contributed by atoms with Gasteiger partial charge < -0.3 is 4.90 Å². The van der Waals surface area contributed by atoms with E-state index in [9.17, 15) is 4.79 Å². The van der Waals surface area contributed by atoms with Crippen molar-refractivity contribution in [1.82, 2.24) is 20.1 Å². The van der Waals surface area contributed by atoms with E-state index in [0.29, 0.717) is 0 Å². The van der Waals surface area contributed by atoms with Crippen LogP contribution in [0.1, 0.15) is 10.5 Å². The molecular weight excluding hydrogens is 204 g/mol. The molecule has 0 bridgehead atoms. The Bertz CT molecular complexity index is 347. The average molecular weight is 213 g/mol. The second-order valence-corrected chi connectivity index (χ2v) is 3.09. The molecule has 0 fully saturated rings. The number of ketones is 1. The topological polar surface area (TPSA) is 59.0 Å². The summed E-state index contributed by atoms with van der Waals surface area (Å²) in [6, 6.07) is 0. The van der Waals surface area contributed by atoms with E-state index in [-0.39, 0.29) is 16.8 Å². The van der Waals surface area contributed by atoms with E-state index in [2.05, 4.69) is 15.2 Å². The number of aromatic nitrogens is 3. The summed E-state index contributed by atoms with van der Waals surface area (Å²) >= 11 is 5.42. The van der Waals surface area contributed by atoms with Crippen LogP contribution in [0.3, 0.4) is 0 Å². The second kappa shape index (κ2) is 4.66. The van der Waals surface area contributed by atoms with Crippen molar-refractivity contribution in [2.45, 2.75) is 0 Å². The molecule has 0 amide bonds. The van der Waals surface area contributed by atoms with E-state index >= 15 is 0 Å². The highest BCUT2D eigenvalue weighted by molar-refractivity contribution is 6.28. The molecule has 0 N–H and O–H groups in total. The van der Waals surface area contributed by atoms with Crippen LogP contribution in [0.5, 0.6) is 0 Å². The predicted octanol–water partition coefficient (Wildman–Crippen LogP) is 0.783. The van der Waals surface area contributed by atoms with Gasteiger partial charge in [-0.15, -0.1) is 10.2 Å². The third kappa shape index (κ3) is 3.10. The van der Waals surface area contributed by atoms with Crippen LogP contribution < -0.4 is 0 Å². The number of rotatable bonds is 3. The smallest absolute Gasteiger partial charge is 0.242 e. The van der Waals surface area contributed by atoms with Gasteiger partial charge >= 0.3 is 0 Å². The lowest BCUT2D eigenvalue weighted by Gasteiger charge is -2.01. The van der Waals surface area contributed by atoms with Crippen LogP contribution in [0.2, 0.25) is 5.28 Å². The van der Waals surface area contributed by atoms with E-state index in [1.807, 2.05) is 14.1 Å². The zero-order valence-corrected chi connectivity index (χ0v) is 8.56. The monoisotopic (exact) mass is 212 g/mol. The molecule has 14 heavy (non-hydrogen) atoms. The molecule has 6 heteroatoms. The van der Waals surface area contributed by atoms with Crippen molar-refractivity contribution < 1.29 is 4.79 Å². The molecule has 0 aliphatic carbocycles. The number of halogens is 1. The summed E-state index contributed by atoms with van der Waals surface area (Å²) in [4.78, 5) is 16.8. The summed E-state index contributed by atoms with van der Waals surface area (Å²) in [7, 11) is 3.63. The zero-order chi connectivity index (χ0) is 10.6. The van der Waals surface area contributed by atoms with E-state index in [4.69, 9.17) is 11.6 Å². The van der Waals surface area contributed by atoms with Crippen molar-refractivity contribution in [3.05, 3.63) is 29.5 Å². The van der Waals surface area contributed by atoms with Gasteiger partial charge in [-0.05, 0) is 11.6 Å². The van der Waals surface area contributed by atoms with Gasteiger partial charge in [-0.25, -0.2) is 4.98 Å². The lowest BCUT2D eigenvalue weighted by Crippen LogP contribution is -2.05. The number of nitrogens with zero attached hydrogens (tertiary/aromatic N) is 4. The van der Waals surface area contributed by atoms with Crippen LogP contribution >= 0.6 is 11.6 Å². The van der Waals surface area contributed by atoms with Crippen LogP contribution in [0.25, 0.3) is 0 Å². The molecule has 0 saturated heterocycles. The number of hydrogen-bond donors (Lipinski definition) is 0. The Morgan fingerprint density at radius 3 is 2.71 bits per heavy atom. The van der Waals surface area contributed by atoms with Gasteiger partial charge in [0, 0.05) is 26.4 Å². The van der Waals surface area contributed by atoms with Crippen LogP contribution in [0.4, 0.5) is 0 Å². The molecule has 0 spiro atoms. The third-order valence-electron chi connectivity index (χ3n) is 1.31. The van der Waals surface area contributed by atoms with E-state index in [1.165, 1.54) is 12.3 Å². The first-order chi connectivity index (χ1) is 6.59. The molecule has 74 valence electrons. The van der Waals surface area contributed by atoms with Crippen molar-refractivity contribution in [1.29, 1.82) is 0 Å². The Morgan fingerprint density at radius 1 is 1.50 bits per heavy atom. The molecule has 0 saturated carbocycles. The van der Waals surface area contributed by atoms with Gasteiger partial charge in [0.05, 0.1) is 6.20 Å². The molecule has 0 aromatic carbocycles. The Morgan fingerprint density at radius 2 is 2.21 bits per heavy atom. The summed E-state index contributed by atoms with van der Waals surface area (Å²) in [5.74, 6) is -0.254. The first-order valence-electron chi connectivity index (χ1n) is 3.84. The van der Waals surface area contributed by atoms with Gasteiger partial charge in [0.15, 0.2) is 5.69 Å². The van der Waals surface area contributed by atoms with Gasteiger partial charge in [0.25, 0.3) is 0 Å². The minimum Gasteiger partial charge on any atom is -0.383 e. The highest BCUT2D eigenvalue weighted by Crippen LogP contribution is 1.98. The Hall–Kier alpha value is -1.49. The largest absolute Gasteiger partial charge is 0.383 e. The Kier molecular flexibility index (Phi) is 3.53. The molecule has 0 aliphatic rings. The van der Waals surface area contributed by atoms with Gasteiger partial charge in [0.1, 0.15) is 0 Å². The molecule has 0 atom stereocenters. The molecule has 0 radical (unpaired) electrons. The van der Waals surface area contributed by atoms with Gasteiger partial charge in [0.2, 0.25) is 11.1 Å². The van der Waals surface area contributed by atoms with Gasteiger partial charge in [-0.3, -0.25) is 4.79 Å². The molecular formula is C8H9ClN4O. The fraction of sp³-hybridized carbons (Fsp3) is 0.250. The van der Waals surface area contributed by atoms with Crippen molar-refractivity contribution >= 4 is 17.4 Å². The Labute approximate surface area is 86.4 Å². The van der Waals surface area contributed by atoms with E-state index in [1.54, 1.807) is 11.1 Å². The molecule has 1 heterocycles. The first-order valence-corrected chi connectivity index (χ1v) is 4.21. The third-order valence-corrected chi connectivity index (χ3v) is 1.48. The number of carbonyl (C=O) groups is 1. The van der Waals surface area contributed by atoms with E-state index in [0.717, 1.165) is 0 Å². The Balaban J connectivity index is 2.75. The molecule has 0 unspecified atom stereocenters. The number of allylic oxidation sites excluding steroid dienone is 1. The molecule has 1 rings (SSSR count). The fourth-order valence-electron chi connectivity index (χ4n) is 0.676. The highest BCUT2D eigenvalue weighted by atomic mass is 35.5. The van der Waals surface area contributed by atoms with E-state index < -0.39 is 0 Å². The quantitative estimate of drug-likeness (QED) is 0.548. The lowest BCUT2D eigenvalue weighted by molar-refractivity contribution is 0.104. The van der Waals surface area contributed by atoms with Crippen LogP contribution in [0, 0.1) is 0 Å². The first kappa shape index (κ1) is 10.6. The normalized spacial score (nSPS) is 10.5. The summed E-state index contributed by atoms with van der Waals surface area (Å²) < 4.78 is 0. The van der Waals surface area contributed by atoms with Gasteiger partial charge in [-0.1, -0.05) is 0 Å². The minimum atomic E-state index is -0.254. The fourth-order valence-corrected chi connectivity index (χ4v) is 0.763. The number of carbonyl (C=O) groups excluding carboxylic acids is 1. The van der Waals surface area contributed by atoms with Crippen LogP contribution in [-0.2, 0) is 0 Å². The second-order valence-electron chi connectivity index (χ2n) is 2.76. The molecule has 0 aliphatic heterocycles. The van der Waals surface area contributed by atoms with Crippen LogP contribution in [-0.4, -0.2) is 40.0 Å². The van der Waals surface area contributed by atoms with Gasteiger partial charge in [-0.2, -0.15) is 0 Å². The zero-order valence-electron chi connectivity index (χ0n) is 7.81. The summed E-state index contributed by atoms with van der Waals surface area (Å²) in [5.41, 5.74) is 0.174.